The molecule has 0 aliphatic rings. The summed E-state index contributed by atoms with van der Waals surface area (Å²) in [6, 6.07) is 11.8. The molecule has 0 saturated heterocycles. The molecule has 0 atom stereocenters. The summed E-state index contributed by atoms with van der Waals surface area (Å²) in [5.74, 6) is 1.33. The third-order valence-electron chi connectivity index (χ3n) is 7.08. The van der Waals surface area contributed by atoms with Crippen LogP contribution in [0.2, 0.25) is 0 Å². The van der Waals surface area contributed by atoms with Crippen LogP contribution in [0, 0.1) is 0 Å². The van der Waals surface area contributed by atoms with Gasteiger partial charge in [-0.2, -0.15) is 0 Å². The van der Waals surface area contributed by atoms with E-state index in [2.05, 4.69) is 41.1 Å². The zero-order valence-electron chi connectivity index (χ0n) is 22.5. The summed E-state index contributed by atoms with van der Waals surface area (Å²) in [6.07, 6.45) is 22.5. The van der Waals surface area contributed by atoms with E-state index in [0.717, 1.165) is 30.7 Å². The van der Waals surface area contributed by atoms with Crippen LogP contribution in [0.4, 0.5) is 0 Å². The Morgan fingerprint density at radius 3 is 2.08 bits per heavy atom. The SMILES string of the molecule is CCCCCCCCCCCCCCCCn1c(CCCNC(=O)c2ccco2)nc2ccccc21. The highest BCUT2D eigenvalue weighted by Gasteiger charge is 2.11. The summed E-state index contributed by atoms with van der Waals surface area (Å²) in [4.78, 5) is 17.0. The van der Waals surface area contributed by atoms with Gasteiger partial charge in [0.05, 0.1) is 17.3 Å². The molecular weight excluding hydrogens is 446 g/mol. The number of hydrogen-bond donors (Lipinski definition) is 1. The van der Waals surface area contributed by atoms with Crippen molar-refractivity contribution in [3.8, 4) is 0 Å². The first-order valence-corrected chi connectivity index (χ1v) is 14.6. The number of carbonyl (C=O) groups excluding carboxylic acids is 1. The van der Waals surface area contributed by atoms with Crippen LogP contribution in [0.5, 0.6) is 0 Å². The number of benzene rings is 1. The zero-order chi connectivity index (χ0) is 25.3. The second-order valence-electron chi connectivity index (χ2n) is 10.1. The van der Waals surface area contributed by atoms with Gasteiger partial charge >= 0.3 is 0 Å². The largest absolute Gasteiger partial charge is 0.459 e. The highest BCUT2D eigenvalue weighted by atomic mass is 16.3. The molecule has 2 aromatic heterocycles. The van der Waals surface area contributed by atoms with Crippen molar-refractivity contribution in [2.24, 2.45) is 0 Å². The second-order valence-corrected chi connectivity index (χ2v) is 10.1. The smallest absolute Gasteiger partial charge is 0.286 e. The summed E-state index contributed by atoms with van der Waals surface area (Å²) in [7, 11) is 0. The number of para-hydroxylation sites is 2. The van der Waals surface area contributed by atoms with Gasteiger partial charge in [0.1, 0.15) is 5.82 Å². The van der Waals surface area contributed by atoms with Crippen LogP contribution in [0.15, 0.2) is 47.1 Å². The van der Waals surface area contributed by atoms with Crippen molar-refractivity contribution in [2.75, 3.05) is 6.54 Å². The standard InChI is InChI=1S/C31H47N3O2/c1-2-3-4-5-6-7-8-9-10-11-12-13-14-17-25-34-28-21-16-15-20-27(28)33-30(34)23-18-24-32-31(35)29-22-19-26-36-29/h15-16,19-22,26H,2-14,17-18,23-25H2,1H3,(H,32,35). The molecule has 3 aromatic rings. The highest BCUT2D eigenvalue weighted by Crippen LogP contribution is 2.19. The average Bonchev–Trinajstić information content (AvgIpc) is 3.55. The maximum Gasteiger partial charge on any atom is 0.286 e. The Morgan fingerprint density at radius 2 is 1.44 bits per heavy atom. The fourth-order valence-electron chi connectivity index (χ4n) is 4.97. The predicted octanol–water partition coefficient (Wildman–Crippen LogP) is 8.47. The fraction of sp³-hybridized carbons (Fsp3) is 0.613. The van der Waals surface area contributed by atoms with E-state index < -0.39 is 0 Å². The number of aryl methyl sites for hydroxylation is 2. The lowest BCUT2D eigenvalue weighted by atomic mass is 10.0. The number of nitrogens with zero attached hydrogens (tertiary/aromatic N) is 2. The maximum atomic E-state index is 12.1. The summed E-state index contributed by atoms with van der Waals surface area (Å²) in [6.45, 7) is 3.92. The summed E-state index contributed by atoms with van der Waals surface area (Å²) < 4.78 is 7.55. The van der Waals surface area contributed by atoms with Gasteiger partial charge < -0.3 is 14.3 Å². The number of rotatable bonds is 20. The first kappa shape index (κ1) is 28.0. The van der Waals surface area contributed by atoms with Crippen LogP contribution in [0.25, 0.3) is 11.0 Å². The average molecular weight is 494 g/mol. The molecule has 0 saturated carbocycles. The number of nitrogens with one attached hydrogen (secondary N) is 1. The van der Waals surface area contributed by atoms with Gasteiger partial charge in [-0.05, 0) is 37.1 Å². The maximum absolute atomic E-state index is 12.1. The highest BCUT2D eigenvalue weighted by molar-refractivity contribution is 5.91. The Labute approximate surface area is 218 Å². The lowest BCUT2D eigenvalue weighted by Crippen LogP contribution is -2.24. The molecule has 1 N–H and O–H groups in total. The van der Waals surface area contributed by atoms with Crippen molar-refractivity contribution in [3.63, 3.8) is 0 Å². The summed E-state index contributed by atoms with van der Waals surface area (Å²) >= 11 is 0. The van der Waals surface area contributed by atoms with E-state index in [1.807, 2.05) is 0 Å². The molecule has 0 radical (unpaired) electrons. The number of unbranched alkanes of at least 4 members (excludes halogenated alkanes) is 13. The molecule has 0 unspecified atom stereocenters. The minimum absolute atomic E-state index is 0.157. The molecule has 5 nitrogen and oxygen atoms in total. The lowest BCUT2D eigenvalue weighted by Gasteiger charge is -2.10. The third-order valence-corrected chi connectivity index (χ3v) is 7.08. The normalized spacial score (nSPS) is 11.4. The quantitative estimate of drug-likeness (QED) is 0.161. The van der Waals surface area contributed by atoms with Gasteiger partial charge in [0.25, 0.3) is 5.91 Å². The monoisotopic (exact) mass is 493 g/mol. The van der Waals surface area contributed by atoms with Crippen molar-refractivity contribution in [1.82, 2.24) is 14.9 Å². The number of carbonyl (C=O) groups is 1. The van der Waals surface area contributed by atoms with Crippen molar-refractivity contribution < 1.29 is 9.21 Å². The fourth-order valence-corrected chi connectivity index (χ4v) is 4.97. The Hall–Kier alpha value is -2.56. The van der Waals surface area contributed by atoms with Gasteiger partial charge in [-0.1, -0.05) is 103 Å². The van der Waals surface area contributed by atoms with Gasteiger partial charge in [-0.25, -0.2) is 4.98 Å². The van der Waals surface area contributed by atoms with E-state index in [9.17, 15) is 4.79 Å². The van der Waals surface area contributed by atoms with Crippen molar-refractivity contribution in [2.45, 2.75) is 116 Å². The molecule has 3 rings (SSSR count). The molecule has 5 heteroatoms. The van der Waals surface area contributed by atoms with Crippen molar-refractivity contribution >= 4 is 16.9 Å². The Morgan fingerprint density at radius 1 is 0.806 bits per heavy atom. The number of fused-ring (bicyclic) bond motifs is 1. The molecular formula is C31H47N3O2. The molecule has 36 heavy (non-hydrogen) atoms. The van der Waals surface area contributed by atoms with Gasteiger partial charge in [0.2, 0.25) is 0 Å². The van der Waals surface area contributed by atoms with Crippen molar-refractivity contribution in [1.29, 1.82) is 0 Å². The first-order valence-electron chi connectivity index (χ1n) is 14.6. The molecule has 0 aliphatic heterocycles. The van der Waals surface area contributed by atoms with Crippen LogP contribution in [-0.4, -0.2) is 22.0 Å². The van der Waals surface area contributed by atoms with E-state index in [1.165, 1.54) is 102 Å². The van der Waals surface area contributed by atoms with Gasteiger partial charge in [-0.3, -0.25) is 4.79 Å². The molecule has 198 valence electrons. The summed E-state index contributed by atoms with van der Waals surface area (Å²) in [5, 5.41) is 2.94. The van der Waals surface area contributed by atoms with Gasteiger partial charge in [0, 0.05) is 19.5 Å². The predicted molar refractivity (Wildman–Crippen MR) is 149 cm³/mol. The van der Waals surface area contributed by atoms with Crippen LogP contribution in [0.1, 0.15) is 120 Å². The third kappa shape index (κ3) is 9.83. The van der Waals surface area contributed by atoms with Gasteiger partial charge in [-0.15, -0.1) is 0 Å². The van der Waals surface area contributed by atoms with Crippen molar-refractivity contribution in [3.05, 3.63) is 54.2 Å². The molecule has 0 bridgehead atoms. The minimum Gasteiger partial charge on any atom is -0.459 e. The number of hydrogen-bond acceptors (Lipinski definition) is 3. The zero-order valence-corrected chi connectivity index (χ0v) is 22.5. The summed E-state index contributed by atoms with van der Waals surface area (Å²) in [5.41, 5.74) is 2.29. The molecule has 1 amide bonds. The number of amides is 1. The molecule has 1 aromatic carbocycles. The van der Waals surface area contributed by atoms with E-state index in [1.54, 1.807) is 12.1 Å². The Balaban J connectivity index is 1.30. The topological polar surface area (TPSA) is 60.1 Å². The number of imidazole rings is 1. The Kier molecular flexibility index (Phi) is 13.2. The van der Waals surface area contributed by atoms with Gasteiger partial charge in [0.15, 0.2) is 5.76 Å². The van der Waals surface area contributed by atoms with E-state index in [-0.39, 0.29) is 5.91 Å². The van der Waals surface area contributed by atoms with Crippen LogP contribution in [0.3, 0.4) is 0 Å². The molecule has 0 fully saturated rings. The Bertz CT molecular complexity index is 977. The minimum atomic E-state index is -0.157. The number of furan rings is 1. The molecule has 2 heterocycles. The second kappa shape index (κ2) is 17.0. The van der Waals surface area contributed by atoms with E-state index in [4.69, 9.17) is 9.40 Å². The molecule has 0 aliphatic carbocycles. The molecule has 0 spiro atoms. The van der Waals surface area contributed by atoms with E-state index in [0.29, 0.717) is 12.3 Å². The van der Waals surface area contributed by atoms with Crippen LogP contribution >= 0.6 is 0 Å². The lowest BCUT2D eigenvalue weighted by molar-refractivity contribution is 0.0925. The first-order chi connectivity index (χ1) is 17.8. The van der Waals surface area contributed by atoms with E-state index >= 15 is 0 Å². The number of aromatic nitrogens is 2. The van der Waals surface area contributed by atoms with Crippen LogP contribution < -0.4 is 5.32 Å². The van der Waals surface area contributed by atoms with Crippen LogP contribution in [-0.2, 0) is 13.0 Å².